The summed E-state index contributed by atoms with van der Waals surface area (Å²) < 4.78 is 46.1. The molecule has 32 heavy (non-hydrogen) atoms. The fraction of sp³-hybridized carbons (Fsp3) is 0.182. The third-order valence-corrected chi connectivity index (χ3v) is 5.90. The average Bonchev–Trinajstić information content (AvgIpc) is 3.23. The Kier molecular flexibility index (Phi) is 6.13. The van der Waals surface area contributed by atoms with Crippen LogP contribution in [0.3, 0.4) is 0 Å². The van der Waals surface area contributed by atoms with E-state index in [1.165, 1.54) is 28.8 Å². The van der Waals surface area contributed by atoms with Crippen LogP contribution in [-0.2, 0) is 9.59 Å². The second kappa shape index (κ2) is 8.99. The van der Waals surface area contributed by atoms with Gasteiger partial charge in [-0.2, -0.15) is 0 Å². The summed E-state index contributed by atoms with van der Waals surface area (Å²) in [5.41, 5.74) is 0.892. The van der Waals surface area contributed by atoms with Crippen LogP contribution in [0.25, 0.3) is 0 Å². The van der Waals surface area contributed by atoms with E-state index in [2.05, 4.69) is 10.1 Å². The van der Waals surface area contributed by atoms with Crippen LogP contribution in [0.5, 0.6) is 5.75 Å². The molecule has 0 spiro atoms. The molecule has 0 saturated heterocycles. The topological polar surface area (TPSA) is 71.8 Å². The van der Waals surface area contributed by atoms with E-state index < -0.39 is 18.0 Å². The number of thioether (sulfide) groups is 1. The standard InChI is InChI=1S/C22H17F3N2O4S/c23-22(24,25)31-15-9-7-14(8-10-15)26-20(28)13-27-16-4-1-2-6-18(16)32-19(12-21(27)29)17-5-3-11-30-17/h1-11,19H,12-13H2,(H,26,28)/t19-/m0/s1. The van der Waals surface area contributed by atoms with Gasteiger partial charge in [-0.15, -0.1) is 24.9 Å². The van der Waals surface area contributed by atoms with Gasteiger partial charge in [0, 0.05) is 17.0 Å². The molecule has 0 fully saturated rings. The molecular formula is C22H17F3N2O4S. The average molecular weight is 462 g/mol. The number of carbonyl (C=O) groups is 2. The number of nitrogens with one attached hydrogen (secondary N) is 1. The smallest absolute Gasteiger partial charge is 0.468 e. The van der Waals surface area contributed by atoms with Crippen molar-refractivity contribution in [1.29, 1.82) is 0 Å². The minimum absolute atomic E-state index is 0.142. The molecule has 2 aromatic carbocycles. The fourth-order valence-corrected chi connectivity index (χ4v) is 4.51. The molecule has 0 unspecified atom stereocenters. The Bertz CT molecular complexity index is 1100. The number of ether oxygens (including phenoxy) is 1. The van der Waals surface area contributed by atoms with Crippen molar-refractivity contribution >= 4 is 35.0 Å². The summed E-state index contributed by atoms with van der Waals surface area (Å²) >= 11 is 1.49. The van der Waals surface area contributed by atoms with E-state index in [0.29, 0.717) is 11.4 Å². The highest BCUT2D eigenvalue weighted by Gasteiger charge is 2.32. The molecule has 3 aromatic rings. The summed E-state index contributed by atoms with van der Waals surface area (Å²) in [4.78, 5) is 27.9. The van der Waals surface area contributed by atoms with Crippen LogP contribution in [0.2, 0.25) is 0 Å². The van der Waals surface area contributed by atoms with Crippen molar-refractivity contribution in [3.8, 4) is 5.75 Å². The Hall–Kier alpha value is -3.40. The van der Waals surface area contributed by atoms with Gasteiger partial charge in [0.1, 0.15) is 18.1 Å². The lowest BCUT2D eigenvalue weighted by Crippen LogP contribution is -2.38. The molecule has 166 valence electrons. The quantitative estimate of drug-likeness (QED) is 0.551. The van der Waals surface area contributed by atoms with Crippen molar-refractivity contribution < 1.29 is 31.9 Å². The van der Waals surface area contributed by atoms with E-state index in [-0.39, 0.29) is 29.8 Å². The Morgan fingerprint density at radius 2 is 1.88 bits per heavy atom. The van der Waals surface area contributed by atoms with Gasteiger partial charge in [0.05, 0.1) is 17.2 Å². The van der Waals surface area contributed by atoms with Crippen molar-refractivity contribution in [1.82, 2.24) is 0 Å². The van der Waals surface area contributed by atoms with Gasteiger partial charge >= 0.3 is 6.36 Å². The second-order valence-corrected chi connectivity index (χ2v) is 8.14. The normalized spacial score (nSPS) is 16.3. The van der Waals surface area contributed by atoms with Gasteiger partial charge in [0.2, 0.25) is 11.8 Å². The van der Waals surface area contributed by atoms with E-state index in [4.69, 9.17) is 4.42 Å². The number of alkyl halides is 3. The lowest BCUT2D eigenvalue weighted by Gasteiger charge is -2.22. The van der Waals surface area contributed by atoms with Gasteiger partial charge in [-0.05, 0) is 48.5 Å². The summed E-state index contributed by atoms with van der Waals surface area (Å²) in [6.45, 7) is -0.248. The summed E-state index contributed by atoms with van der Waals surface area (Å²) in [6, 6.07) is 15.6. The maximum absolute atomic E-state index is 13.0. The molecule has 0 saturated carbocycles. The molecule has 1 aliphatic heterocycles. The summed E-state index contributed by atoms with van der Waals surface area (Å²) in [6.07, 6.45) is -3.10. The molecule has 2 heterocycles. The highest BCUT2D eigenvalue weighted by atomic mass is 32.2. The molecule has 10 heteroatoms. The Balaban J connectivity index is 1.48. The minimum Gasteiger partial charge on any atom is -0.468 e. The Morgan fingerprint density at radius 3 is 2.56 bits per heavy atom. The van der Waals surface area contributed by atoms with Crippen LogP contribution < -0.4 is 15.0 Å². The first kappa shape index (κ1) is 21.8. The summed E-state index contributed by atoms with van der Waals surface area (Å²) in [5, 5.41) is 2.37. The first-order valence-electron chi connectivity index (χ1n) is 9.53. The van der Waals surface area contributed by atoms with Gasteiger partial charge in [-0.1, -0.05) is 12.1 Å². The number of para-hydroxylation sites is 1. The number of rotatable bonds is 5. The zero-order chi connectivity index (χ0) is 22.7. The van der Waals surface area contributed by atoms with Crippen LogP contribution in [0.15, 0.2) is 76.2 Å². The third kappa shape index (κ3) is 5.25. The van der Waals surface area contributed by atoms with Gasteiger partial charge in [-0.3, -0.25) is 9.59 Å². The molecule has 0 bridgehead atoms. The van der Waals surface area contributed by atoms with Gasteiger partial charge in [0.25, 0.3) is 0 Å². The second-order valence-electron chi connectivity index (χ2n) is 6.89. The molecule has 1 aromatic heterocycles. The fourth-order valence-electron chi connectivity index (χ4n) is 3.27. The highest BCUT2D eigenvalue weighted by Crippen LogP contribution is 2.45. The van der Waals surface area contributed by atoms with Crippen molar-refractivity contribution in [2.45, 2.75) is 22.9 Å². The molecule has 4 rings (SSSR count). The molecule has 0 aliphatic carbocycles. The molecule has 6 nitrogen and oxygen atoms in total. The summed E-state index contributed by atoms with van der Waals surface area (Å²) in [5.74, 6) is -0.453. The number of carbonyl (C=O) groups excluding carboxylic acids is 2. The number of halogens is 3. The number of fused-ring (bicyclic) bond motifs is 1. The number of hydrogen-bond acceptors (Lipinski definition) is 5. The number of amides is 2. The van der Waals surface area contributed by atoms with E-state index in [0.717, 1.165) is 17.0 Å². The predicted octanol–water partition coefficient (Wildman–Crippen LogP) is 5.39. The zero-order valence-electron chi connectivity index (χ0n) is 16.5. The highest BCUT2D eigenvalue weighted by molar-refractivity contribution is 7.99. The first-order chi connectivity index (χ1) is 15.3. The zero-order valence-corrected chi connectivity index (χ0v) is 17.3. The van der Waals surface area contributed by atoms with Crippen molar-refractivity contribution in [2.75, 3.05) is 16.8 Å². The van der Waals surface area contributed by atoms with E-state index in [9.17, 15) is 22.8 Å². The van der Waals surface area contributed by atoms with Gasteiger partial charge < -0.3 is 19.4 Å². The van der Waals surface area contributed by atoms with E-state index in [1.807, 2.05) is 18.2 Å². The number of benzene rings is 2. The van der Waals surface area contributed by atoms with Gasteiger partial charge in [0.15, 0.2) is 0 Å². The monoisotopic (exact) mass is 462 g/mol. The number of furan rings is 1. The first-order valence-corrected chi connectivity index (χ1v) is 10.4. The van der Waals surface area contributed by atoms with Crippen LogP contribution in [0, 0.1) is 0 Å². The molecule has 1 N–H and O–H groups in total. The summed E-state index contributed by atoms with van der Waals surface area (Å²) in [7, 11) is 0. The lowest BCUT2D eigenvalue weighted by atomic mass is 10.2. The number of hydrogen-bond donors (Lipinski definition) is 1. The number of anilines is 2. The van der Waals surface area contributed by atoms with Crippen LogP contribution in [0.4, 0.5) is 24.5 Å². The molecule has 0 radical (unpaired) electrons. The van der Waals surface area contributed by atoms with Gasteiger partial charge in [-0.25, -0.2) is 0 Å². The lowest BCUT2D eigenvalue weighted by molar-refractivity contribution is -0.274. The minimum atomic E-state index is -4.79. The van der Waals surface area contributed by atoms with E-state index >= 15 is 0 Å². The maximum Gasteiger partial charge on any atom is 0.573 e. The molecule has 1 atom stereocenters. The molecular weight excluding hydrogens is 445 g/mol. The predicted molar refractivity (Wildman–Crippen MR) is 112 cm³/mol. The maximum atomic E-state index is 13.0. The molecule has 1 aliphatic rings. The van der Waals surface area contributed by atoms with Crippen LogP contribution in [-0.4, -0.2) is 24.7 Å². The SMILES string of the molecule is O=C(CN1C(=O)C[C@@H](c2ccco2)Sc2ccccc21)Nc1ccc(OC(F)(F)F)cc1. The Morgan fingerprint density at radius 1 is 1.12 bits per heavy atom. The van der Waals surface area contributed by atoms with E-state index in [1.54, 1.807) is 24.5 Å². The Labute approximate surface area is 185 Å². The largest absolute Gasteiger partial charge is 0.573 e. The van der Waals surface area contributed by atoms with Crippen molar-refractivity contribution in [3.05, 3.63) is 72.7 Å². The van der Waals surface area contributed by atoms with Crippen molar-refractivity contribution in [2.24, 2.45) is 0 Å². The third-order valence-electron chi connectivity index (χ3n) is 4.62. The number of nitrogens with zero attached hydrogens (tertiary/aromatic N) is 1. The van der Waals surface area contributed by atoms with Crippen LogP contribution >= 0.6 is 11.8 Å². The van der Waals surface area contributed by atoms with Crippen LogP contribution in [0.1, 0.15) is 17.4 Å². The molecule has 2 amide bonds. The van der Waals surface area contributed by atoms with Crippen molar-refractivity contribution in [3.63, 3.8) is 0 Å².